The first-order valence-corrected chi connectivity index (χ1v) is 7.84. The van der Waals surface area contributed by atoms with E-state index >= 15 is 0 Å². The van der Waals surface area contributed by atoms with Gasteiger partial charge >= 0.3 is 0 Å². The van der Waals surface area contributed by atoms with E-state index in [1.807, 2.05) is 0 Å². The summed E-state index contributed by atoms with van der Waals surface area (Å²) in [6, 6.07) is 5.62. The summed E-state index contributed by atoms with van der Waals surface area (Å²) in [6.45, 7) is 7.79. The fraction of sp³-hybridized carbons (Fsp3) is 0.375. The first-order valence-electron chi connectivity index (χ1n) is 7.84. The van der Waals surface area contributed by atoms with Crippen LogP contribution in [0.3, 0.4) is 0 Å². The highest BCUT2D eigenvalue weighted by molar-refractivity contribution is 6.04. The monoisotopic (exact) mass is 331 g/mol. The molecule has 0 aliphatic carbocycles. The Morgan fingerprint density at radius 2 is 2.12 bits per heavy atom. The van der Waals surface area contributed by atoms with E-state index < -0.39 is 10.8 Å². The first kappa shape index (κ1) is 17.6. The van der Waals surface area contributed by atoms with Crippen molar-refractivity contribution in [3.05, 3.63) is 52.3 Å². The van der Waals surface area contributed by atoms with Crippen LogP contribution in [0.5, 0.6) is 0 Å². The Morgan fingerprint density at radius 1 is 1.38 bits per heavy atom. The van der Waals surface area contributed by atoms with Gasteiger partial charge in [0.15, 0.2) is 0 Å². The van der Waals surface area contributed by atoms with Gasteiger partial charge in [-0.15, -0.1) is 0 Å². The maximum atomic E-state index is 12.2. The van der Waals surface area contributed by atoms with Crippen LogP contribution in [0.15, 0.2) is 36.7 Å². The van der Waals surface area contributed by atoms with E-state index in [1.54, 1.807) is 17.1 Å². The molecule has 0 saturated carbocycles. The van der Waals surface area contributed by atoms with Gasteiger partial charge in [-0.25, -0.2) is 0 Å². The van der Waals surface area contributed by atoms with E-state index in [0.29, 0.717) is 5.69 Å². The number of hydrogen-bond donors (Lipinski definition) is 1. The Hall–Kier alpha value is -2.74. The highest BCUT2D eigenvalue weighted by atomic mass is 16.6. The molecule has 2 rings (SSSR count). The Bertz CT molecular complexity index is 709. The summed E-state index contributed by atoms with van der Waals surface area (Å²) in [5, 5.41) is 17.7. The van der Waals surface area contributed by atoms with Gasteiger partial charge in [-0.2, -0.15) is 5.10 Å². The molecular weight excluding hydrogens is 310 g/mol. The molecule has 2 aromatic rings. The molecule has 0 aliphatic heterocycles. The van der Waals surface area contributed by atoms with Crippen LogP contribution in [-0.2, 0) is 6.54 Å². The number of benzene rings is 1. The number of likely N-dealkylation sites (N-methyl/N-ethyl adjacent to an activating group) is 1. The molecule has 1 aromatic heterocycles. The van der Waals surface area contributed by atoms with E-state index in [-0.39, 0.29) is 11.3 Å². The summed E-state index contributed by atoms with van der Waals surface area (Å²) < 4.78 is 1.77. The smallest absolute Gasteiger partial charge is 0.270 e. The Labute approximate surface area is 140 Å². The summed E-state index contributed by atoms with van der Waals surface area (Å²) >= 11 is 0. The molecule has 0 aliphatic rings. The zero-order chi connectivity index (χ0) is 17.5. The molecule has 1 N–H and O–H groups in total. The molecular formula is C16H21N5O3. The zero-order valence-corrected chi connectivity index (χ0v) is 13.8. The number of aromatic nitrogens is 2. The van der Waals surface area contributed by atoms with E-state index in [9.17, 15) is 14.9 Å². The van der Waals surface area contributed by atoms with Crippen molar-refractivity contribution < 1.29 is 9.72 Å². The third kappa shape index (κ3) is 4.63. The summed E-state index contributed by atoms with van der Waals surface area (Å²) in [4.78, 5) is 24.7. The maximum Gasteiger partial charge on any atom is 0.270 e. The summed E-state index contributed by atoms with van der Waals surface area (Å²) in [5.74, 6) is -0.401. The Kier molecular flexibility index (Phi) is 6.02. The lowest BCUT2D eigenvalue weighted by Gasteiger charge is -2.17. The van der Waals surface area contributed by atoms with Crippen LogP contribution in [0, 0.1) is 10.1 Å². The predicted octanol–water partition coefficient (Wildman–Crippen LogP) is 2.39. The minimum absolute atomic E-state index is 0.113. The van der Waals surface area contributed by atoms with Crippen molar-refractivity contribution in [2.75, 3.05) is 25.0 Å². The SMILES string of the molecule is CCN(CC)CCn1cc(NC(=O)c2cccc([N+](=O)[O-])c2)cn1. The lowest BCUT2D eigenvalue weighted by molar-refractivity contribution is -0.384. The molecule has 1 amide bonds. The van der Waals surface area contributed by atoms with Gasteiger partial charge in [0.05, 0.1) is 23.4 Å². The van der Waals surface area contributed by atoms with Crippen molar-refractivity contribution in [1.29, 1.82) is 0 Å². The number of nitro benzene ring substituents is 1. The molecule has 0 radical (unpaired) electrons. The third-order valence-electron chi connectivity index (χ3n) is 3.75. The number of hydrogen-bond acceptors (Lipinski definition) is 5. The molecule has 0 atom stereocenters. The van der Waals surface area contributed by atoms with Gasteiger partial charge in [-0.05, 0) is 19.2 Å². The normalized spacial score (nSPS) is 10.8. The summed E-state index contributed by atoms with van der Waals surface area (Å²) in [7, 11) is 0. The highest BCUT2D eigenvalue weighted by Crippen LogP contribution is 2.15. The fourth-order valence-corrected chi connectivity index (χ4v) is 2.30. The molecule has 8 heteroatoms. The second-order valence-electron chi connectivity index (χ2n) is 5.28. The standard InChI is InChI=1S/C16H21N5O3/c1-3-19(4-2)8-9-20-12-14(11-17-20)18-16(22)13-6-5-7-15(10-13)21(23)24/h5-7,10-12H,3-4,8-9H2,1-2H3,(H,18,22). The molecule has 0 unspecified atom stereocenters. The maximum absolute atomic E-state index is 12.2. The van der Waals surface area contributed by atoms with Crippen molar-refractivity contribution >= 4 is 17.3 Å². The number of rotatable bonds is 8. The van der Waals surface area contributed by atoms with Gasteiger partial charge in [-0.1, -0.05) is 19.9 Å². The van der Waals surface area contributed by atoms with Crippen molar-refractivity contribution in [1.82, 2.24) is 14.7 Å². The topological polar surface area (TPSA) is 93.3 Å². The number of carbonyl (C=O) groups is 1. The second kappa shape index (κ2) is 8.21. The summed E-state index contributed by atoms with van der Waals surface area (Å²) in [6.07, 6.45) is 3.32. The van der Waals surface area contributed by atoms with Crippen LogP contribution < -0.4 is 5.32 Å². The number of nitrogens with one attached hydrogen (secondary N) is 1. The first-order chi connectivity index (χ1) is 11.5. The van der Waals surface area contributed by atoms with Crippen molar-refractivity contribution in [3.63, 3.8) is 0 Å². The number of non-ortho nitro benzene ring substituents is 1. The zero-order valence-electron chi connectivity index (χ0n) is 13.8. The quantitative estimate of drug-likeness (QED) is 0.592. The van der Waals surface area contributed by atoms with E-state index in [0.717, 1.165) is 26.2 Å². The predicted molar refractivity (Wildman–Crippen MR) is 91.1 cm³/mol. The van der Waals surface area contributed by atoms with E-state index in [4.69, 9.17) is 0 Å². The molecule has 1 aromatic carbocycles. The van der Waals surface area contributed by atoms with Crippen molar-refractivity contribution in [2.45, 2.75) is 20.4 Å². The number of carbonyl (C=O) groups excluding carboxylic acids is 1. The van der Waals surface area contributed by atoms with Gasteiger partial charge in [0.1, 0.15) is 0 Å². The lowest BCUT2D eigenvalue weighted by Crippen LogP contribution is -2.27. The van der Waals surface area contributed by atoms with Crippen LogP contribution in [0.25, 0.3) is 0 Å². The minimum atomic E-state index is -0.526. The molecule has 24 heavy (non-hydrogen) atoms. The molecule has 128 valence electrons. The summed E-state index contributed by atoms with van der Waals surface area (Å²) in [5.41, 5.74) is 0.684. The van der Waals surface area contributed by atoms with E-state index in [1.165, 1.54) is 24.3 Å². The van der Waals surface area contributed by atoms with Gasteiger partial charge in [0.25, 0.3) is 11.6 Å². The fourth-order valence-electron chi connectivity index (χ4n) is 2.30. The highest BCUT2D eigenvalue weighted by Gasteiger charge is 2.12. The van der Waals surface area contributed by atoms with Crippen LogP contribution in [0.2, 0.25) is 0 Å². The number of nitro groups is 1. The van der Waals surface area contributed by atoms with Gasteiger partial charge in [0.2, 0.25) is 0 Å². The average molecular weight is 331 g/mol. The van der Waals surface area contributed by atoms with Crippen LogP contribution >= 0.6 is 0 Å². The molecule has 0 spiro atoms. The van der Waals surface area contributed by atoms with E-state index in [2.05, 4.69) is 29.2 Å². The van der Waals surface area contributed by atoms with Crippen LogP contribution in [-0.4, -0.2) is 45.1 Å². The number of anilines is 1. The van der Waals surface area contributed by atoms with Crippen LogP contribution in [0.1, 0.15) is 24.2 Å². The average Bonchev–Trinajstić information content (AvgIpc) is 3.03. The molecule has 0 bridgehead atoms. The van der Waals surface area contributed by atoms with Crippen molar-refractivity contribution in [3.8, 4) is 0 Å². The van der Waals surface area contributed by atoms with Gasteiger partial charge in [0, 0.05) is 30.4 Å². The van der Waals surface area contributed by atoms with Gasteiger partial charge < -0.3 is 10.2 Å². The largest absolute Gasteiger partial charge is 0.319 e. The third-order valence-corrected chi connectivity index (χ3v) is 3.75. The van der Waals surface area contributed by atoms with Crippen molar-refractivity contribution in [2.24, 2.45) is 0 Å². The van der Waals surface area contributed by atoms with Gasteiger partial charge in [-0.3, -0.25) is 19.6 Å². The van der Waals surface area contributed by atoms with Crippen LogP contribution in [0.4, 0.5) is 11.4 Å². The number of amides is 1. The number of nitrogens with zero attached hydrogens (tertiary/aromatic N) is 4. The molecule has 1 heterocycles. The molecule has 8 nitrogen and oxygen atoms in total. The lowest BCUT2D eigenvalue weighted by atomic mass is 10.2. The Balaban J connectivity index is 1.97. The second-order valence-corrected chi connectivity index (χ2v) is 5.28. The molecule has 0 saturated heterocycles. The molecule has 0 fully saturated rings. The Morgan fingerprint density at radius 3 is 2.79 bits per heavy atom. The minimum Gasteiger partial charge on any atom is -0.319 e.